The topological polar surface area (TPSA) is 34.4 Å². The number of furan rings is 1. The molecule has 1 aromatic carbocycles. The van der Waals surface area contributed by atoms with E-state index in [1.165, 1.54) is 0 Å². The molecule has 19 heavy (non-hydrogen) atoms. The van der Waals surface area contributed by atoms with Gasteiger partial charge in [0.1, 0.15) is 17.3 Å². The quantitative estimate of drug-likeness (QED) is 0.859. The summed E-state index contributed by atoms with van der Waals surface area (Å²) in [5, 5.41) is 3.52. The molecular weight excluding hydrogens is 238 g/mol. The molecule has 2 aromatic rings. The highest BCUT2D eigenvalue weighted by Gasteiger charge is 2.20. The first kappa shape index (κ1) is 13.7. The summed E-state index contributed by atoms with van der Waals surface area (Å²) in [7, 11) is 1.70. The highest BCUT2D eigenvalue weighted by atomic mass is 16.5. The number of rotatable bonds is 6. The molecule has 0 bridgehead atoms. The van der Waals surface area contributed by atoms with E-state index in [2.05, 4.69) is 18.3 Å². The van der Waals surface area contributed by atoms with Crippen LogP contribution in [0.2, 0.25) is 0 Å². The summed E-state index contributed by atoms with van der Waals surface area (Å²) < 4.78 is 11.2. The molecule has 102 valence electrons. The van der Waals surface area contributed by atoms with E-state index in [-0.39, 0.29) is 6.04 Å². The Balaban J connectivity index is 2.36. The van der Waals surface area contributed by atoms with Crippen LogP contribution in [0, 0.1) is 6.92 Å². The van der Waals surface area contributed by atoms with Gasteiger partial charge in [0.05, 0.1) is 13.2 Å². The number of nitrogens with one attached hydrogen (secondary N) is 1. The number of methoxy groups -OCH3 is 1. The van der Waals surface area contributed by atoms with Crippen LogP contribution in [-0.2, 0) is 0 Å². The minimum atomic E-state index is 0.0322. The summed E-state index contributed by atoms with van der Waals surface area (Å²) in [5.74, 6) is 2.73. The fraction of sp³-hybridized carbons (Fsp3) is 0.375. The molecular formula is C16H21NO2. The van der Waals surface area contributed by atoms with Crippen molar-refractivity contribution in [2.75, 3.05) is 13.7 Å². The maximum Gasteiger partial charge on any atom is 0.125 e. The SMILES string of the molecule is CCCNC(c1ccc(C)o1)c1ccccc1OC. The lowest BCUT2D eigenvalue weighted by atomic mass is 10.0. The average molecular weight is 259 g/mol. The third-order valence-corrected chi connectivity index (χ3v) is 3.09. The van der Waals surface area contributed by atoms with Gasteiger partial charge in [0, 0.05) is 5.56 Å². The van der Waals surface area contributed by atoms with Gasteiger partial charge < -0.3 is 14.5 Å². The van der Waals surface area contributed by atoms with Gasteiger partial charge >= 0.3 is 0 Å². The number of benzene rings is 1. The number of aryl methyl sites for hydroxylation is 1. The molecule has 0 fully saturated rings. The van der Waals surface area contributed by atoms with Crippen molar-refractivity contribution in [3.8, 4) is 5.75 Å². The van der Waals surface area contributed by atoms with Gasteiger partial charge in [-0.2, -0.15) is 0 Å². The fourth-order valence-corrected chi connectivity index (χ4v) is 2.17. The summed E-state index contributed by atoms with van der Waals surface area (Å²) in [5.41, 5.74) is 1.10. The number of hydrogen-bond donors (Lipinski definition) is 1. The van der Waals surface area contributed by atoms with Gasteiger partial charge in [-0.05, 0) is 38.1 Å². The molecule has 3 nitrogen and oxygen atoms in total. The zero-order valence-corrected chi connectivity index (χ0v) is 11.8. The lowest BCUT2D eigenvalue weighted by Gasteiger charge is -2.19. The molecule has 1 atom stereocenters. The molecule has 0 aliphatic rings. The lowest BCUT2D eigenvalue weighted by Crippen LogP contribution is -2.23. The lowest BCUT2D eigenvalue weighted by molar-refractivity contribution is 0.389. The van der Waals surface area contributed by atoms with Crippen molar-refractivity contribution in [1.29, 1.82) is 0 Å². The first-order chi connectivity index (χ1) is 9.26. The van der Waals surface area contributed by atoms with Crippen molar-refractivity contribution in [2.24, 2.45) is 0 Å². The van der Waals surface area contributed by atoms with Crippen molar-refractivity contribution >= 4 is 0 Å². The first-order valence-electron chi connectivity index (χ1n) is 6.69. The van der Waals surface area contributed by atoms with E-state index in [9.17, 15) is 0 Å². The van der Waals surface area contributed by atoms with Crippen LogP contribution in [-0.4, -0.2) is 13.7 Å². The van der Waals surface area contributed by atoms with Crippen molar-refractivity contribution in [1.82, 2.24) is 5.32 Å². The predicted octanol–water partition coefficient (Wildman–Crippen LogP) is 3.69. The highest BCUT2D eigenvalue weighted by molar-refractivity contribution is 5.39. The Bertz CT molecular complexity index is 519. The minimum Gasteiger partial charge on any atom is -0.496 e. The molecule has 0 aliphatic carbocycles. The highest BCUT2D eigenvalue weighted by Crippen LogP contribution is 2.30. The Kier molecular flexibility index (Phi) is 4.63. The Morgan fingerprint density at radius 2 is 2.00 bits per heavy atom. The molecule has 0 radical (unpaired) electrons. The first-order valence-corrected chi connectivity index (χ1v) is 6.69. The number of ether oxygens (including phenoxy) is 1. The van der Waals surface area contributed by atoms with Crippen LogP contribution in [0.25, 0.3) is 0 Å². The van der Waals surface area contributed by atoms with Crippen LogP contribution in [0.15, 0.2) is 40.8 Å². The van der Waals surface area contributed by atoms with Gasteiger partial charge in [0.2, 0.25) is 0 Å². The predicted molar refractivity (Wildman–Crippen MR) is 76.6 cm³/mol. The van der Waals surface area contributed by atoms with E-state index in [0.29, 0.717) is 0 Å². The molecule has 0 saturated heterocycles. The molecule has 1 aromatic heterocycles. The van der Waals surface area contributed by atoms with E-state index in [1.54, 1.807) is 7.11 Å². The van der Waals surface area contributed by atoms with Crippen molar-refractivity contribution in [2.45, 2.75) is 26.3 Å². The molecule has 0 aliphatic heterocycles. The van der Waals surface area contributed by atoms with Gasteiger partial charge in [-0.1, -0.05) is 25.1 Å². The largest absolute Gasteiger partial charge is 0.496 e. The Morgan fingerprint density at radius 1 is 1.21 bits per heavy atom. The van der Waals surface area contributed by atoms with Gasteiger partial charge in [0.15, 0.2) is 0 Å². The van der Waals surface area contributed by atoms with Crippen LogP contribution in [0.5, 0.6) is 5.75 Å². The van der Waals surface area contributed by atoms with Crippen LogP contribution in [0.1, 0.15) is 36.5 Å². The minimum absolute atomic E-state index is 0.0322. The smallest absolute Gasteiger partial charge is 0.125 e. The molecule has 1 heterocycles. The normalized spacial score (nSPS) is 12.4. The summed E-state index contributed by atoms with van der Waals surface area (Å²) >= 11 is 0. The maximum atomic E-state index is 5.78. The Hall–Kier alpha value is -1.74. The van der Waals surface area contributed by atoms with Gasteiger partial charge in [-0.25, -0.2) is 0 Å². The molecule has 1 unspecified atom stereocenters. The second-order valence-electron chi connectivity index (χ2n) is 4.58. The van der Waals surface area contributed by atoms with Crippen molar-refractivity contribution < 1.29 is 9.15 Å². The molecule has 1 N–H and O–H groups in total. The van der Waals surface area contributed by atoms with E-state index < -0.39 is 0 Å². The van der Waals surface area contributed by atoms with E-state index >= 15 is 0 Å². The molecule has 0 amide bonds. The van der Waals surface area contributed by atoms with Crippen LogP contribution >= 0.6 is 0 Å². The fourth-order valence-electron chi connectivity index (χ4n) is 2.17. The molecule has 0 saturated carbocycles. The van der Waals surface area contributed by atoms with Gasteiger partial charge in [-0.15, -0.1) is 0 Å². The number of para-hydroxylation sites is 1. The molecule has 0 spiro atoms. The second kappa shape index (κ2) is 6.43. The number of hydrogen-bond acceptors (Lipinski definition) is 3. The van der Waals surface area contributed by atoms with Crippen LogP contribution in [0.4, 0.5) is 0 Å². The van der Waals surface area contributed by atoms with Crippen LogP contribution < -0.4 is 10.1 Å². The average Bonchev–Trinajstić information content (AvgIpc) is 2.86. The maximum absolute atomic E-state index is 5.78. The molecule has 3 heteroatoms. The zero-order valence-electron chi connectivity index (χ0n) is 11.8. The monoisotopic (exact) mass is 259 g/mol. The summed E-state index contributed by atoms with van der Waals surface area (Å²) in [6, 6.07) is 12.1. The standard InChI is InChI=1S/C16H21NO2/c1-4-11-17-16(15-10-9-12(2)19-15)13-7-5-6-8-14(13)18-3/h5-10,16-17H,4,11H2,1-3H3. The van der Waals surface area contributed by atoms with Gasteiger partial charge in [0.25, 0.3) is 0 Å². The summed E-state index contributed by atoms with van der Waals surface area (Å²) in [4.78, 5) is 0. The third kappa shape index (κ3) is 3.18. The molecule has 2 rings (SSSR count). The van der Waals surface area contributed by atoms with Gasteiger partial charge in [-0.3, -0.25) is 0 Å². The Morgan fingerprint density at radius 3 is 2.63 bits per heavy atom. The van der Waals surface area contributed by atoms with E-state index in [1.807, 2.05) is 37.3 Å². The van der Waals surface area contributed by atoms with E-state index in [4.69, 9.17) is 9.15 Å². The second-order valence-corrected chi connectivity index (χ2v) is 4.58. The summed E-state index contributed by atoms with van der Waals surface area (Å²) in [6.07, 6.45) is 1.07. The Labute approximate surface area is 114 Å². The van der Waals surface area contributed by atoms with Crippen molar-refractivity contribution in [3.63, 3.8) is 0 Å². The third-order valence-electron chi connectivity index (χ3n) is 3.09. The van der Waals surface area contributed by atoms with Crippen LogP contribution in [0.3, 0.4) is 0 Å². The van der Waals surface area contributed by atoms with Crippen molar-refractivity contribution in [3.05, 3.63) is 53.5 Å². The zero-order chi connectivity index (χ0) is 13.7. The summed E-state index contributed by atoms with van der Waals surface area (Å²) in [6.45, 7) is 5.05. The van der Waals surface area contributed by atoms with E-state index in [0.717, 1.165) is 35.8 Å².